The molecule has 0 saturated heterocycles. The molecule has 0 fully saturated rings. The lowest BCUT2D eigenvalue weighted by Crippen LogP contribution is -2.37. The van der Waals surface area contributed by atoms with Crippen molar-refractivity contribution in [2.75, 3.05) is 12.4 Å². The predicted octanol–water partition coefficient (Wildman–Crippen LogP) is 1.15. The number of amides is 1. The van der Waals surface area contributed by atoms with Crippen LogP contribution in [-0.4, -0.2) is 39.1 Å². The lowest BCUT2D eigenvalue weighted by atomic mass is 10.2. The van der Waals surface area contributed by atoms with Gasteiger partial charge >= 0.3 is 0 Å². The molecular weight excluding hydrogens is 272 g/mol. The minimum atomic E-state index is -1.08. The van der Waals surface area contributed by atoms with Gasteiger partial charge in [-0.15, -0.1) is 0 Å². The first kappa shape index (κ1) is 15.3. The number of nitro groups is 2. The Morgan fingerprint density at radius 3 is 2.10 bits per heavy atom. The molecule has 20 heavy (non-hydrogen) atoms. The van der Waals surface area contributed by atoms with Crippen LogP contribution in [0.25, 0.3) is 0 Å². The maximum Gasteiger partial charge on any atom is 0.299 e. The van der Waals surface area contributed by atoms with Crippen molar-refractivity contribution in [3.05, 3.63) is 38.4 Å². The van der Waals surface area contributed by atoms with Gasteiger partial charge in [0.15, 0.2) is 5.69 Å². The van der Waals surface area contributed by atoms with E-state index < -0.39 is 33.2 Å². The molecule has 0 radical (unpaired) electrons. The smallest absolute Gasteiger partial charge is 0.299 e. The van der Waals surface area contributed by atoms with Gasteiger partial charge in [0.05, 0.1) is 9.85 Å². The molecule has 1 rings (SSSR count). The molecule has 2 N–H and O–H groups in total. The van der Waals surface area contributed by atoms with Crippen molar-refractivity contribution in [1.82, 2.24) is 5.06 Å². The van der Waals surface area contributed by atoms with Crippen LogP contribution >= 0.6 is 0 Å². The van der Waals surface area contributed by atoms with Gasteiger partial charge in [-0.2, -0.15) is 0 Å². The highest BCUT2D eigenvalue weighted by Gasteiger charge is 2.28. The minimum Gasteiger partial charge on any atom is -0.363 e. The van der Waals surface area contributed by atoms with Gasteiger partial charge in [0, 0.05) is 19.2 Å². The van der Waals surface area contributed by atoms with Crippen molar-refractivity contribution in [1.29, 1.82) is 0 Å². The minimum absolute atomic E-state index is 0.290. The Labute approximate surface area is 112 Å². The van der Waals surface area contributed by atoms with Gasteiger partial charge in [-0.3, -0.25) is 30.2 Å². The second kappa shape index (κ2) is 5.93. The second-order valence-electron chi connectivity index (χ2n) is 3.91. The highest BCUT2D eigenvalue weighted by atomic mass is 16.6. The van der Waals surface area contributed by atoms with Crippen molar-refractivity contribution in [3.8, 4) is 0 Å². The van der Waals surface area contributed by atoms with Gasteiger partial charge in [-0.25, -0.2) is 5.06 Å². The highest BCUT2D eigenvalue weighted by Crippen LogP contribution is 2.34. The predicted molar refractivity (Wildman–Crippen MR) is 67.4 cm³/mol. The van der Waals surface area contributed by atoms with Crippen molar-refractivity contribution in [3.63, 3.8) is 0 Å². The van der Waals surface area contributed by atoms with E-state index in [1.165, 1.54) is 13.0 Å². The third kappa shape index (κ3) is 3.17. The molecule has 1 aromatic carbocycles. The second-order valence-corrected chi connectivity index (χ2v) is 3.91. The average Bonchev–Trinajstić information content (AvgIpc) is 2.37. The summed E-state index contributed by atoms with van der Waals surface area (Å²) in [4.78, 5) is 31.7. The summed E-state index contributed by atoms with van der Waals surface area (Å²) < 4.78 is 0. The summed E-state index contributed by atoms with van der Waals surface area (Å²) in [5.41, 5.74) is -1.44. The molecule has 1 atom stereocenters. The standard InChI is InChI=1S/C10H12N4O6/c1-6(10(15)12(2)16)11-9-7(13(17)18)4-3-5-8(9)14(19)20/h3-6,11,16H,1-2H3. The van der Waals surface area contributed by atoms with Gasteiger partial charge in [-0.05, 0) is 13.0 Å². The molecule has 0 aliphatic heterocycles. The summed E-state index contributed by atoms with van der Waals surface area (Å²) in [6, 6.07) is 2.25. The molecule has 0 aliphatic rings. The normalized spacial score (nSPS) is 11.6. The molecular formula is C10H12N4O6. The molecule has 0 spiro atoms. The van der Waals surface area contributed by atoms with Gasteiger partial charge < -0.3 is 5.32 Å². The fourth-order valence-corrected chi connectivity index (χ4v) is 1.54. The number of nitrogens with one attached hydrogen (secondary N) is 1. The SMILES string of the molecule is CC(Nc1c([N+](=O)[O-])cccc1[N+](=O)[O-])C(=O)N(C)O. The molecule has 1 aromatic rings. The number of rotatable bonds is 5. The number of hydrogen-bond donors (Lipinski definition) is 2. The zero-order valence-electron chi connectivity index (χ0n) is 10.6. The number of carbonyl (C=O) groups is 1. The Balaban J connectivity index is 3.24. The molecule has 108 valence electrons. The fraction of sp³-hybridized carbons (Fsp3) is 0.300. The van der Waals surface area contributed by atoms with Gasteiger partial charge in [0.2, 0.25) is 0 Å². The Kier molecular flexibility index (Phi) is 4.54. The molecule has 1 amide bonds. The van der Waals surface area contributed by atoms with Crippen molar-refractivity contribution in [2.24, 2.45) is 0 Å². The molecule has 0 saturated carbocycles. The number of para-hydroxylation sites is 1. The Morgan fingerprint density at radius 2 is 1.75 bits per heavy atom. The monoisotopic (exact) mass is 284 g/mol. The molecule has 0 bridgehead atoms. The van der Waals surface area contributed by atoms with Crippen molar-refractivity contribution < 1.29 is 19.8 Å². The van der Waals surface area contributed by atoms with Crippen LogP contribution in [0.4, 0.5) is 17.1 Å². The quantitative estimate of drug-likeness (QED) is 0.469. The van der Waals surface area contributed by atoms with Crippen LogP contribution < -0.4 is 5.32 Å². The van der Waals surface area contributed by atoms with E-state index in [1.54, 1.807) is 0 Å². The molecule has 0 aliphatic carbocycles. The lowest BCUT2D eigenvalue weighted by molar-refractivity contribution is -0.392. The molecule has 0 heterocycles. The van der Waals surface area contributed by atoms with Crippen LogP contribution in [0, 0.1) is 20.2 Å². The van der Waals surface area contributed by atoms with E-state index >= 15 is 0 Å². The summed E-state index contributed by atoms with van der Waals surface area (Å²) >= 11 is 0. The third-order valence-electron chi connectivity index (χ3n) is 2.46. The number of carbonyl (C=O) groups excluding carboxylic acids is 1. The van der Waals surface area contributed by atoms with Crippen molar-refractivity contribution >= 4 is 23.0 Å². The van der Waals surface area contributed by atoms with E-state index in [1.807, 2.05) is 0 Å². The van der Waals surface area contributed by atoms with E-state index in [9.17, 15) is 25.0 Å². The number of hydroxylamine groups is 2. The van der Waals surface area contributed by atoms with E-state index in [0.717, 1.165) is 19.2 Å². The maximum absolute atomic E-state index is 11.5. The number of likely N-dealkylation sites (N-methyl/N-ethyl adjacent to an activating group) is 1. The molecule has 1 unspecified atom stereocenters. The first-order valence-electron chi connectivity index (χ1n) is 5.40. The summed E-state index contributed by atoms with van der Waals surface area (Å²) in [6.07, 6.45) is 0. The van der Waals surface area contributed by atoms with Crippen LogP contribution in [0.1, 0.15) is 6.92 Å². The van der Waals surface area contributed by atoms with Gasteiger partial charge in [0.1, 0.15) is 6.04 Å². The molecule has 0 aromatic heterocycles. The van der Waals surface area contributed by atoms with Crippen LogP contribution in [0.3, 0.4) is 0 Å². The Bertz CT molecular complexity index is 526. The fourth-order valence-electron chi connectivity index (χ4n) is 1.54. The lowest BCUT2D eigenvalue weighted by Gasteiger charge is -2.17. The molecule has 10 heteroatoms. The van der Waals surface area contributed by atoms with E-state index in [4.69, 9.17) is 5.21 Å². The Hall–Kier alpha value is -2.75. The van der Waals surface area contributed by atoms with E-state index in [0.29, 0.717) is 0 Å². The Morgan fingerprint density at radius 1 is 1.30 bits per heavy atom. The number of benzene rings is 1. The summed E-state index contributed by atoms with van der Waals surface area (Å²) in [6.45, 7) is 1.31. The van der Waals surface area contributed by atoms with E-state index in [-0.39, 0.29) is 10.8 Å². The first-order valence-corrected chi connectivity index (χ1v) is 5.40. The first-order chi connectivity index (χ1) is 9.25. The van der Waals surface area contributed by atoms with Crippen LogP contribution in [-0.2, 0) is 4.79 Å². The number of anilines is 1. The average molecular weight is 284 g/mol. The zero-order chi connectivity index (χ0) is 15.4. The molecule has 10 nitrogen and oxygen atoms in total. The summed E-state index contributed by atoms with van der Waals surface area (Å²) in [5, 5.41) is 33.4. The summed E-state index contributed by atoms with van der Waals surface area (Å²) in [5.74, 6) is -0.794. The number of nitrogens with zero attached hydrogens (tertiary/aromatic N) is 3. The number of nitro benzene ring substituents is 2. The highest BCUT2D eigenvalue weighted by molar-refractivity contribution is 5.86. The van der Waals surface area contributed by atoms with Crippen molar-refractivity contribution in [2.45, 2.75) is 13.0 Å². The summed E-state index contributed by atoms with van der Waals surface area (Å²) in [7, 11) is 1.08. The largest absolute Gasteiger partial charge is 0.363 e. The third-order valence-corrected chi connectivity index (χ3v) is 2.46. The van der Waals surface area contributed by atoms with Crippen LogP contribution in [0.15, 0.2) is 18.2 Å². The maximum atomic E-state index is 11.5. The van der Waals surface area contributed by atoms with Crippen LogP contribution in [0.2, 0.25) is 0 Å². The van der Waals surface area contributed by atoms with Crippen LogP contribution in [0.5, 0.6) is 0 Å². The zero-order valence-corrected chi connectivity index (χ0v) is 10.6. The van der Waals surface area contributed by atoms with Gasteiger partial charge in [-0.1, -0.05) is 0 Å². The van der Waals surface area contributed by atoms with Gasteiger partial charge in [0.25, 0.3) is 17.3 Å². The van der Waals surface area contributed by atoms with E-state index in [2.05, 4.69) is 5.32 Å². The topological polar surface area (TPSA) is 139 Å². The number of hydrogen-bond acceptors (Lipinski definition) is 7.